The molecule has 0 radical (unpaired) electrons. The van der Waals surface area contributed by atoms with Crippen molar-refractivity contribution in [2.75, 3.05) is 5.32 Å². The van der Waals surface area contributed by atoms with E-state index in [4.69, 9.17) is 0 Å². The van der Waals surface area contributed by atoms with Gasteiger partial charge in [0, 0.05) is 5.56 Å². The van der Waals surface area contributed by atoms with Crippen molar-refractivity contribution in [3.63, 3.8) is 0 Å². The van der Waals surface area contributed by atoms with Gasteiger partial charge in [-0.3, -0.25) is 4.79 Å². The van der Waals surface area contributed by atoms with Gasteiger partial charge in [-0.15, -0.1) is 0 Å². The van der Waals surface area contributed by atoms with Crippen LogP contribution in [0.3, 0.4) is 0 Å². The van der Waals surface area contributed by atoms with Gasteiger partial charge in [-0.1, -0.05) is 23.8 Å². The smallest absolute Gasteiger partial charge is 0.255 e. The molecule has 0 unspecified atom stereocenters. The zero-order chi connectivity index (χ0) is 18.1. The molecule has 0 atom stereocenters. The molecular weight excluding hydrogens is 317 g/mol. The van der Waals surface area contributed by atoms with Crippen LogP contribution >= 0.6 is 0 Å². The SMILES string of the molecule is Cc1ccc(-n2nc(C)c(NC(=O)c3ccc(C)c(F)c3)c2C)cc1. The number of aromatic nitrogens is 2. The van der Waals surface area contributed by atoms with Crippen LogP contribution in [-0.2, 0) is 0 Å². The van der Waals surface area contributed by atoms with Crippen LogP contribution in [0.4, 0.5) is 10.1 Å². The van der Waals surface area contributed by atoms with Crippen LogP contribution in [0, 0.1) is 33.5 Å². The zero-order valence-corrected chi connectivity index (χ0v) is 14.7. The van der Waals surface area contributed by atoms with Gasteiger partial charge >= 0.3 is 0 Å². The molecule has 0 aliphatic carbocycles. The zero-order valence-electron chi connectivity index (χ0n) is 14.7. The van der Waals surface area contributed by atoms with E-state index in [9.17, 15) is 9.18 Å². The topological polar surface area (TPSA) is 46.9 Å². The van der Waals surface area contributed by atoms with E-state index in [1.165, 1.54) is 11.6 Å². The molecule has 0 bridgehead atoms. The average molecular weight is 337 g/mol. The Hall–Kier alpha value is -2.95. The number of rotatable bonds is 3. The molecule has 1 N–H and O–H groups in total. The summed E-state index contributed by atoms with van der Waals surface area (Å²) in [6.07, 6.45) is 0. The van der Waals surface area contributed by atoms with E-state index in [0.717, 1.165) is 11.4 Å². The van der Waals surface area contributed by atoms with Crippen LogP contribution in [0.25, 0.3) is 5.69 Å². The summed E-state index contributed by atoms with van der Waals surface area (Å²) in [5.74, 6) is -0.745. The number of nitrogens with zero attached hydrogens (tertiary/aromatic N) is 2. The summed E-state index contributed by atoms with van der Waals surface area (Å²) in [6.45, 7) is 7.42. The summed E-state index contributed by atoms with van der Waals surface area (Å²) in [7, 11) is 0. The molecule has 3 rings (SSSR count). The molecule has 25 heavy (non-hydrogen) atoms. The van der Waals surface area contributed by atoms with Gasteiger partial charge in [-0.05, 0) is 57.5 Å². The van der Waals surface area contributed by atoms with Crippen LogP contribution in [0.2, 0.25) is 0 Å². The number of hydrogen-bond acceptors (Lipinski definition) is 2. The Morgan fingerprint density at radius 2 is 1.72 bits per heavy atom. The number of amides is 1. The van der Waals surface area contributed by atoms with Crippen molar-refractivity contribution in [1.29, 1.82) is 0 Å². The Labute approximate surface area is 146 Å². The molecule has 1 heterocycles. The standard InChI is InChI=1S/C20H20FN3O/c1-12-5-9-17(10-6-12)24-15(4)19(14(3)23-24)22-20(25)16-8-7-13(2)18(21)11-16/h5-11H,1-4H3,(H,22,25). The normalized spacial score (nSPS) is 10.8. The Morgan fingerprint density at radius 1 is 1.04 bits per heavy atom. The molecule has 0 saturated heterocycles. The lowest BCUT2D eigenvalue weighted by Gasteiger charge is -2.08. The molecule has 0 aliphatic rings. The highest BCUT2D eigenvalue weighted by atomic mass is 19.1. The van der Waals surface area contributed by atoms with Crippen LogP contribution in [0.5, 0.6) is 0 Å². The number of carbonyl (C=O) groups is 1. The van der Waals surface area contributed by atoms with Gasteiger partial charge in [0.05, 0.1) is 22.8 Å². The molecule has 4 nitrogen and oxygen atoms in total. The first-order valence-electron chi connectivity index (χ1n) is 8.07. The Bertz CT molecular complexity index is 942. The number of carbonyl (C=O) groups excluding carboxylic acids is 1. The highest BCUT2D eigenvalue weighted by Crippen LogP contribution is 2.24. The largest absolute Gasteiger partial charge is 0.319 e. The van der Waals surface area contributed by atoms with E-state index >= 15 is 0 Å². The molecule has 0 fully saturated rings. The van der Waals surface area contributed by atoms with E-state index in [-0.39, 0.29) is 11.5 Å². The minimum absolute atomic E-state index is 0.282. The minimum atomic E-state index is -0.392. The van der Waals surface area contributed by atoms with Crippen molar-refractivity contribution < 1.29 is 9.18 Å². The number of anilines is 1. The lowest BCUT2D eigenvalue weighted by Crippen LogP contribution is -2.13. The van der Waals surface area contributed by atoms with Crippen LogP contribution in [0.15, 0.2) is 42.5 Å². The maximum absolute atomic E-state index is 13.7. The van der Waals surface area contributed by atoms with Crippen molar-refractivity contribution >= 4 is 11.6 Å². The summed E-state index contributed by atoms with van der Waals surface area (Å²) in [6, 6.07) is 12.5. The molecule has 0 saturated carbocycles. The fourth-order valence-electron chi connectivity index (χ4n) is 2.68. The molecule has 1 amide bonds. The third kappa shape index (κ3) is 3.31. The van der Waals surface area contributed by atoms with Gasteiger partial charge in [0.2, 0.25) is 0 Å². The fourth-order valence-corrected chi connectivity index (χ4v) is 2.68. The lowest BCUT2D eigenvalue weighted by molar-refractivity contribution is 0.102. The molecule has 3 aromatic rings. The van der Waals surface area contributed by atoms with Crippen LogP contribution < -0.4 is 5.32 Å². The average Bonchev–Trinajstić information content (AvgIpc) is 2.86. The first-order valence-corrected chi connectivity index (χ1v) is 8.07. The Balaban J connectivity index is 1.91. The summed E-state index contributed by atoms with van der Waals surface area (Å²) in [5, 5.41) is 7.37. The predicted octanol–water partition coefficient (Wildman–Crippen LogP) is 4.50. The minimum Gasteiger partial charge on any atom is -0.319 e. The number of hydrogen-bond donors (Lipinski definition) is 1. The summed E-state index contributed by atoms with van der Waals surface area (Å²) in [5.41, 5.74) is 5.06. The molecule has 0 spiro atoms. The molecule has 5 heteroatoms. The summed E-state index contributed by atoms with van der Waals surface area (Å²) < 4.78 is 15.5. The maximum atomic E-state index is 13.7. The lowest BCUT2D eigenvalue weighted by atomic mass is 10.1. The second-order valence-corrected chi connectivity index (χ2v) is 6.21. The van der Waals surface area contributed by atoms with Gasteiger partial charge in [0.1, 0.15) is 5.82 Å². The predicted molar refractivity (Wildman–Crippen MR) is 96.9 cm³/mol. The van der Waals surface area contributed by atoms with Crippen molar-refractivity contribution in [3.8, 4) is 5.69 Å². The van der Waals surface area contributed by atoms with Gasteiger partial charge < -0.3 is 5.32 Å². The number of halogens is 1. The second kappa shape index (κ2) is 6.51. The van der Waals surface area contributed by atoms with Gasteiger partial charge in [0.25, 0.3) is 5.91 Å². The molecule has 0 aliphatic heterocycles. The van der Waals surface area contributed by atoms with Crippen molar-refractivity contribution in [2.45, 2.75) is 27.7 Å². The van der Waals surface area contributed by atoms with Gasteiger partial charge in [0.15, 0.2) is 0 Å². The van der Waals surface area contributed by atoms with E-state index in [1.807, 2.05) is 45.0 Å². The second-order valence-electron chi connectivity index (χ2n) is 6.21. The maximum Gasteiger partial charge on any atom is 0.255 e. The number of aryl methyl sites for hydroxylation is 3. The van der Waals surface area contributed by atoms with E-state index in [1.54, 1.807) is 23.7 Å². The molecular formula is C20H20FN3O. The van der Waals surface area contributed by atoms with Crippen LogP contribution in [-0.4, -0.2) is 15.7 Å². The van der Waals surface area contributed by atoms with Gasteiger partial charge in [-0.2, -0.15) is 5.10 Å². The molecule has 128 valence electrons. The first-order chi connectivity index (χ1) is 11.9. The van der Waals surface area contributed by atoms with Gasteiger partial charge in [-0.25, -0.2) is 9.07 Å². The summed E-state index contributed by atoms with van der Waals surface area (Å²) in [4.78, 5) is 12.5. The highest BCUT2D eigenvalue weighted by molar-refractivity contribution is 6.04. The molecule has 1 aromatic heterocycles. The third-order valence-electron chi connectivity index (χ3n) is 4.24. The Kier molecular flexibility index (Phi) is 4.40. The van der Waals surface area contributed by atoms with Crippen molar-refractivity contribution in [1.82, 2.24) is 9.78 Å². The third-order valence-corrected chi connectivity index (χ3v) is 4.24. The quantitative estimate of drug-likeness (QED) is 0.765. The number of benzene rings is 2. The fraction of sp³-hybridized carbons (Fsp3) is 0.200. The highest BCUT2D eigenvalue weighted by Gasteiger charge is 2.16. The number of nitrogens with one attached hydrogen (secondary N) is 1. The van der Waals surface area contributed by atoms with E-state index in [0.29, 0.717) is 16.9 Å². The first kappa shape index (κ1) is 16.9. The van der Waals surface area contributed by atoms with Crippen molar-refractivity contribution in [2.24, 2.45) is 0 Å². The Morgan fingerprint density at radius 3 is 2.36 bits per heavy atom. The molecule has 2 aromatic carbocycles. The van der Waals surface area contributed by atoms with Crippen molar-refractivity contribution in [3.05, 3.63) is 76.4 Å². The van der Waals surface area contributed by atoms with E-state index < -0.39 is 5.82 Å². The monoisotopic (exact) mass is 337 g/mol. The van der Waals surface area contributed by atoms with Crippen LogP contribution in [0.1, 0.15) is 32.9 Å². The summed E-state index contributed by atoms with van der Waals surface area (Å²) >= 11 is 0. The van der Waals surface area contributed by atoms with E-state index in [2.05, 4.69) is 10.4 Å².